The van der Waals surface area contributed by atoms with Crippen LogP contribution in [0.3, 0.4) is 0 Å². The highest BCUT2D eigenvalue weighted by Gasteiger charge is 2.47. The second-order valence-corrected chi connectivity index (χ2v) is 13.2. The summed E-state index contributed by atoms with van der Waals surface area (Å²) in [6, 6.07) is 3.44. The molecule has 0 aliphatic carbocycles. The molecule has 0 saturated carbocycles. The molecule has 34 heavy (non-hydrogen) atoms. The van der Waals surface area contributed by atoms with Gasteiger partial charge in [0.1, 0.15) is 0 Å². The average molecular weight is 473 g/mol. The van der Waals surface area contributed by atoms with Crippen molar-refractivity contribution in [1.29, 1.82) is 0 Å². The summed E-state index contributed by atoms with van der Waals surface area (Å²) in [7, 11) is 4.24. The molecular formula is C28H44N2O4. The van der Waals surface area contributed by atoms with Crippen LogP contribution >= 0.6 is 0 Å². The van der Waals surface area contributed by atoms with Crippen molar-refractivity contribution in [1.82, 2.24) is 9.80 Å². The van der Waals surface area contributed by atoms with Crippen molar-refractivity contribution in [3.63, 3.8) is 0 Å². The molecule has 6 nitrogen and oxygen atoms in total. The molecule has 2 aliphatic heterocycles. The molecule has 2 fully saturated rings. The van der Waals surface area contributed by atoms with E-state index in [1.165, 1.54) is 0 Å². The molecule has 3 rings (SSSR count). The molecule has 0 amide bonds. The third-order valence-corrected chi connectivity index (χ3v) is 9.19. The number of aromatic carboxylic acids is 2. The van der Waals surface area contributed by atoms with Gasteiger partial charge in [0.05, 0.1) is 11.1 Å². The van der Waals surface area contributed by atoms with E-state index in [0.29, 0.717) is 18.4 Å². The molecular weight excluding hydrogens is 428 g/mol. The normalized spacial score (nSPS) is 25.2. The number of rotatable bonds is 4. The molecule has 0 bridgehead atoms. The molecule has 1 aromatic carbocycles. The summed E-state index contributed by atoms with van der Waals surface area (Å²) in [5, 5.41) is 20.6. The highest BCUT2D eigenvalue weighted by atomic mass is 16.4. The van der Waals surface area contributed by atoms with Crippen LogP contribution in [0.5, 0.6) is 0 Å². The molecule has 2 N–H and O–H groups in total. The predicted octanol–water partition coefficient (Wildman–Crippen LogP) is 5.82. The Morgan fingerprint density at radius 1 is 0.706 bits per heavy atom. The number of carboxylic acids is 2. The molecule has 0 atom stereocenters. The lowest BCUT2D eigenvalue weighted by atomic mass is 9.67. The predicted molar refractivity (Wildman–Crippen MR) is 136 cm³/mol. The van der Waals surface area contributed by atoms with Crippen molar-refractivity contribution in [3.05, 3.63) is 34.4 Å². The van der Waals surface area contributed by atoms with Crippen molar-refractivity contribution < 1.29 is 19.8 Å². The molecule has 0 spiro atoms. The first-order chi connectivity index (χ1) is 15.3. The van der Waals surface area contributed by atoms with Gasteiger partial charge in [0.25, 0.3) is 0 Å². The van der Waals surface area contributed by atoms with Crippen molar-refractivity contribution >= 4 is 11.9 Å². The number of piperidine rings is 2. The highest BCUT2D eigenvalue weighted by molar-refractivity contribution is 5.98. The summed E-state index contributed by atoms with van der Waals surface area (Å²) >= 11 is 0. The molecule has 0 unspecified atom stereocenters. The lowest BCUT2D eigenvalue weighted by Crippen LogP contribution is -2.58. The summed E-state index contributed by atoms with van der Waals surface area (Å²) in [5.41, 5.74) is 1.07. The Hall–Kier alpha value is -1.92. The third kappa shape index (κ3) is 4.51. The van der Waals surface area contributed by atoms with Gasteiger partial charge in [-0.2, -0.15) is 0 Å². The van der Waals surface area contributed by atoms with Gasteiger partial charge >= 0.3 is 11.9 Å². The minimum absolute atomic E-state index is 0.0428. The lowest BCUT2D eigenvalue weighted by molar-refractivity contribution is -0.0142. The van der Waals surface area contributed by atoms with E-state index >= 15 is 0 Å². The highest BCUT2D eigenvalue weighted by Crippen LogP contribution is 2.50. The van der Waals surface area contributed by atoms with Crippen LogP contribution in [0, 0.1) is 0 Å². The van der Waals surface area contributed by atoms with Crippen LogP contribution in [-0.2, 0) is 0 Å². The average Bonchev–Trinajstić information content (AvgIpc) is 2.67. The molecule has 2 saturated heterocycles. The number of likely N-dealkylation sites (tertiary alicyclic amines) is 2. The second kappa shape index (κ2) is 8.34. The summed E-state index contributed by atoms with van der Waals surface area (Å²) in [4.78, 5) is 29.9. The van der Waals surface area contributed by atoms with Crippen molar-refractivity contribution in [2.24, 2.45) is 0 Å². The number of hydrogen-bond donors (Lipinski definition) is 2. The van der Waals surface area contributed by atoms with Crippen LogP contribution in [0.15, 0.2) is 12.1 Å². The maximum Gasteiger partial charge on any atom is 0.336 e. The van der Waals surface area contributed by atoms with E-state index in [4.69, 9.17) is 0 Å². The van der Waals surface area contributed by atoms with Gasteiger partial charge in [0, 0.05) is 22.2 Å². The lowest BCUT2D eigenvalue weighted by Gasteiger charge is -2.55. The van der Waals surface area contributed by atoms with E-state index in [-0.39, 0.29) is 45.1 Å². The van der Waals surface area contributed by atoms with Crippen LogP contribution in [0.2, 0.25) is 0 Å². The molecule has 190 valence electrons. The monoisotopic (exact) mass is 472 g/mol. The van der Waals surface area contributed by atoms with Crippen LogP contribution < -0.4 is 0 Å². The number of hydrogen-bond acceptors (Lipinski definition) is 4. The first-order valence-electron chi connectivity index (χ1n) is 12.4. The van der Waals surface area contributed by atoms with Crippen LogP contribution in [0.4, 0.5) is 0 Å². The zero-order chi connectivity index (χ0) is 26.0. The van der Waals surface area contributed by atoms with Crippen molar-refractivity contribution in [2.45, 2.75) is 115 Å². The maximum absolute atomic E-state index is 12.9. The van der Waals surface area contributed by atoms with Crippen LogP contribution in [0.1, 0.15) is 125 Å². The fourth-order valence-electron chi connectivity index (χ4n) is 6.99. The van der Waals surface area contributed by atoms with Gasteiger partial charge in [0.2, 0.25) is 0 Å². The Labute approximate surface area is 205 Å². The molecule has 2 heterocycles. The molecule has 0 radical (unpaired) electrons. The number of carboxylic acid groups (broad SMARTS) is 2. The fraction of sp³-hybridized carbons (Fsp3) is 0.714. The van der Waals surface area contributed by atoms with Gasteiger partial charge in [-0.05, 0) is 124 Å². The van der Waals surface area contributed by atoms with Gasteiger partial charge in [-0.15, -0.1) is 0 Å². The summed E-state index contributed by atoms with van der Waals surface area (Å²) in [5.74, 6) is -2.17. The SMILES string of the molecule is CN1C(C)(C)CC(c2ccc(C(=O)O)c(C3CC(C)(C)N(C)C(C)(C)C3)c2C(=O)O)CC1(C)C. The minimum atomic E-state index is -1.05. The van der Waals surface area contributed by atoms with E-state index in [1.807, 2.05) is 0 Å². The summed E-state index contributed by atoms with van der Waals surface area (Å²) in [6.45, 7) is 17.5. The Balaban J connectivity index is 2.24. The Kier molecular flexibility index (Phi) is 6.54. The maximum atomic E-state index is 12.9. The van der Waals surface area contributed by atoms with Crippen LogP contribution in [-0.4, -0.2) is 68.2 Å². The molecule has 1 aromatic rings. The van der Waals surface area contributed by atoms with E-state index in [2.05, 4.69) is 79.3 Å². The topological polar surface area (TPSA) is 81.1 Å². The van der Waals surface area contributed by atoms with E-state index in [9.17, 15) is 19.8 Å². The quantitative estimate of drug-likeness (QED) is 0.575. The van der Waals surface area contributed by atoms with E-state index in [1.54, 1.807) is 12.1 Å². The number of benzene rings is 1. The van der Waals surface area contributed by atoms with Crippen molar-refractivity contribution in [3.8, 4) is 0 Å². The fourth-order valence-corrected chi connectivity index (χ4v) is 6.99. The molecule has 0 aromatic heterocycles. The van der Waals surface area contributed by atoms with E-state index < -0.39 is 11.9 Å². The summed E-state index contributed by atoms with van der Waals surface area (Å²) < 4.78 is 0. The third-order valence-electron chi connectivity index (χ3n) is 9.19. The zero-order valence-electron chi connectivity index (χ0n) is 22.7. The zero-order valence-corrected chi connectivity index (χ0v) is 22.7. The first kappa shape index (κ1) is 26.7. The van der Waals surface area contributed by atoms with Gasteiger partial charge in [-0.25, -0.2) is 9.59 Å². The van der Waals surface area contributed by atoms with Gasteiger partial charge in [0.15, 0.2) is 0 Å². The smallest absolute Gasteiger partial charge is 0.336 e. The Morgan fingerprint density at radius 2 is 1.09 bits per heavy atom. The largest absolute Gasteiger partial charge is 0.478 e. The van der Waals surface area contributed by atoms with Gasteiger partial charge in [-0.1, -0.05) is 6.07 Å². The standard InChI is InChI=1S/C28H44N2O4/c1-25(2)13-17(14-26(3,4)29(25)9)19-11-12-20(23(31)32)21(22(19)24(33)34)18-15-27(5,6)30(10)28(7,8)16-18/h11-12,17-18H,13-16H2,1-10H3,(H,31,32)(H,33,34). The van der Waals surface area contributed by atoms with E-state index in [0.717, 1.165) is 18.4 Å². The van der Waals surface area contributed by atoms with Crippen LogP contribution in [0.25, 0.3) is 0 Å². The second-order valence-electron chi connectivity index (χ2n) is 13.2. The number of nitrogens with zero attached hydrogens (tertiary/aromatic N) is 2. The van der Waals surface area contributed by atoms with Crippen molar-refractivity contribution in [2.75, 3.05) is 14.1 Å². The molecule has 2 aliphatic rings. The Morgan fingerprint density at radius 3 is 1.44 bits per heavy atom. The summed E-state index contributed by atoms with van der Waals surface area (Å²) in [6.07, 6.45) is 3.07. The Bertz CT molecular complexity index is 956. The minimum Gasteiger partial charge on any atom is -0.478 e. The van der Waals surface area contributed by atoms with Gasteiger partial charge in [-0.3, -0.25) is 9.80 Å². The molecule has 6 heteroatoms. The first-order valence-corrected chi connectivity index (χ1v) is 12.4. The van der Waals surface area contributed by atoms with Gasteiger partial charge < -0.3 is 10.2 Å². The number of carbonyl (C=O) groups is 2.